The summed E-state index contributed by atoms with van der Waals surface area (Å²) in [6, 6.07) is 0. The van der Waals surface area contributed by atoms with E-state index >= 15 is 0 Å². The van der Waals surface area contributed by atoms with E-state index in [1.165, 1.54) is 16.9 Å². The molecule has 0 radical (unpaired) electrons. The molecule has 0 saturated carbocycles. The number of nitrogens with zero attached hydrogens (tertiary/aromatic N) is 2. The Kier molecular flexibility index (Phi) is 6.77. The van der Waals surface area contributed by atoms with E-state index in [1.54, 1.807) is 16.2 Å². The summed E-state index contributed by atoms with van der Waals surface area (Å²) >= 11 is 5.93. The van der Waals surface area contributed by atoms with Crippen molar-refractivity contribution < 1.29 is 9.53 Å². The van der Waals surface area contributed by atoms with Crippen molar-refractivity contribution in [3.05, 3.63) is 16.0 Å². The van der Waals surface area contributed by atoms with Crippen LogP contribution in [0.5, 0.6) is 0 Å². The van der Waals surface area contributed by atoms with E-state index in [0.717, 1.165) is 43.0 Å². The molecule has 1 aliphatic carbocycles. The lowest BCUT2D eigenvalue weighted by atomic mass is 10.1. The maximum absolute atomic E-state index is 12.1. The molecule has 1 amide bonds. The lowest BCUT2D eigenvalue weighted by Crippen LogP contribution is -2.51. The minimum absolute atomic E-state index is 0.231. The van der Waals surface area contributed by atoms with E-state index < -0.39 is 5.60 Å². The second-order valence-corrected chi connectivity index (χ2v) is 9.61. The van der Waals surface area contributed by atoms with Gasteiger partial charge in [-0.1, -0.05) is 12.8 Å². The number of carbonyl (C=O) groups is 1. The monoisotopic (exact) mass is 425 g/mol. The van der Waals surface area contributed by atoms with Crippen molar-refractivity contribution in [2.45, 2.75) is 45.6 Å². The summed E-state index contributed by atoms with van der Waals surface area (Å²) in [5.74, 6) is 0.475. The highest BCUT2D eigenvalue weighted by molar-refractivity contribution is 7.82. The highest BCUT2D eigenvalue weighted by Gasteiger charge is 2.26. The van der Waals surface area contributed by atoms with Crippen molar-refractivity contribution in [3.63, 3.8) is 0 Å². The van der Waals surface area contributed by atoms with Crippen LogP contribution in [0.15, 0.2) is 0 Å². The molecular formula is C19H31N5O2S2. The van der Waals surface area contributed by atoms with Gasteiger partial charge in [-0.25, -0.2) is 4.79 Å². The van der Waals surface area contributed by atoms with Crippen LogP contribution >= 0.6 is 24.2 Å². The van der Waals surface area contributed by atoms with Gasteiger partial charge in [0.1, 0.15) is 16.4 Å². The van der Waals surface area contributed by atoms with Crippen LogP contribution in [-0.4, -0.2) is 66.6 Å². The highest BCUT2D eigenvalue weighted by atomic mass is 32.1. The fraction of sp³-hybridized carbons (Fsp3) is 0.684. The predicted molar refractivity (Wildman–Crippen MR) is 118 cm³/mol. The first kappa shape index (κ1) is 21.3. The molecule has 0 aromatic carbocycles. The maximum Gasteiger partial charge on any atom is 0.410 e. The minimum Gasteiger partial charge on any atom is -0.444 e. The topological polar surface area (TPSA) is 80.7 Å². The molecule has 0 unspecified atom stereocenters. The Balaban J connectivity index is 1.43. The van der Waals surface area contributed by atoms with Crippen LogP contribution < -0.4 is 10.0 Å². The predicted octanol–water partition coefficient (Wildman–Crippen LogP) is 2.96. The molecule has 1 saturated heterocycles. The average molecular weight is 426 g/mol. The van der Waals surface area contributed by atoms with Gasteiger partial charge in [-0.15, -0.1) is 11.3 Å². The van der Waals surface area contributed by atoms with Crippen molar-refractivity contribution >= 4 is 41.1 Å². The molecule has 1 aromatic rings. The molecular weight excluding hydrogens is 394 g/mol. The van der Waals surface area contributed by atoms with Gasteiger partial charge in [0, 0.05) is 44.1 Å². The lowest BCUT2D eigenvalue weighted by molar-refractivity contribution is 0.0147. The number of amidine groups is 1. The molecule has 0 bridgehead atoms. The summed E-state index contributed by atoms with van der Waals surface area (Å²) in [4.78, 5) is 17.6. The number of ether oxygens (including phenoxy) is 1. The SMILES string of the molecule is CC(C)(C)OC(=O)N1CCN(CCNC(=N)c2c(NS)sc3c2CCC3)CC1. The quantitative estimate of drug-likeness (QED) is 0.331. The van der Waals surface area contributed by atoms with Gasteiger partial charge < -0.3 is 19.7 Å². The molecule has 1 aromatic heterocycles. The second-order valence-electron chi connectivity index (χ2n) is 8.28. The minimum atomic E-state index is -0.457. The number of hydrogen-bond donors (Lipinski definition) is 4. The maximum atomic E-state index is 12.1. The van der Waals surface area contributed by atoms with Crippen LogP contribution in [0.25, 0.3) is 0 Å². The summed E-state index contributed by atoms with van der Waals surface area (Å²) < 4.78 is 8.39. The summed E-state index contributed by atoms with van der Waals surface area (Å²) in [7, 11) is 0. The van der Waals surface area contributed by atoms with E-state index in [4.69, 9.17) is 10.1 Å². The fourth-order valence-electron chi connectivity index (χ4n) is 3.66. The van der Waals surface area contributed by atoms with Gasteiger partial charge in [0.25, 0.3) is 0 Å². The molecule has 3 rings (SSSR count). The van der Waals surface area contributed by atoms with E-state index in [-0.39, 0.29) is 6.09 Å². The van der Waals surface area contributed by atoms with Crippen molar-refractivity contribution in [2.24, 2.45) is 0 Å². The van der Waals surface area contributed by atoms with E-state index in [9.17, 15) is 4.79 Å². The van der Waals surface area contributed by atoms with Crippen molar-refractivity contribution in [1.29, 1.82) is 5.41 Å². The average Bonchev–Trinajstić information content (AvgIpc) is 3.21. The van der Waals surface area contributed by atoms with Gasteiger partial charge >= 0.3 is 6.09 Å². The molecule has 2 aliphatic rings. The molecule has 3 N–H and O–H groups in total. The van der Waals surface area contributed by atoms with Gasteiger partial charge in [0.05, 0.1) is 5.56 Å². The number of aryl methyl sites for hydroxylation is 1. The first-order valence-corrected chi connectivity index (χ1v) is 11.1. The number of anilines is 1. The Labute approximate surface area is 176 Å². The van der Waals surface area contributed by atoms with E-state index in [2.05, 4.69) is 27.8 Å². The smallest absolute Gasteiger partial charge is 0.410 e. The molecule has 9 heteroatoms. The number of thiol groups is 1. The number of rotatable bonds is 5. The Hall–Kier alpha value is -1.45. The van der Waals surface area contributed by atoms with Gasteiger partial charge in [0.15, 0.2) is 0 Å². The van der Waals surface area contributed by atoms with E-state index in [1.807, 2.05) is 20.8 Å². The summed E-state index contributed by atoms with van der Waals surface area (Å²) in [5.41, 5.74) is 1.84. The third-order valence-electron chi connectivity index (χ3n) is 5.03. The molecule has 28 heavy (non-hydrogen) atoms. The highest BCUT2D eigenvalue weighted by Crippen LogP contribution is 2.39. The fourth-order valence-corrected chi connectivity index (χ4v) is 5.10. The van der Waals surface area contributed by atoms with Gasteiger partial charge in [-0.2, -0.15) is 0 Å². The Morgan fingerprint density at radius 1 is 1.25 bits per heavy atom. The number of carbonyl (C=O) groups excluding carboxylic acids is 1. The first-order chi connectivity index (χ1) is 13.3. The van der Waals surface area contributed by atoms with Gasteiger partial charge in [0.2, 0.25) is 0 Å². The molecule has 7 nitrogen and oxygen atoms in total. The third-order valence-corrected chi connectivity index (χ3v) is 6.61. The summed E-state index contributed by atoms with van der Waals surface area (Å²) in [6.07, 6.45) is 3.10. The van der Waals surface area contributed by atoms with Crippen LogP contribution in [-0.2, 0) is 17.6 Å². The van der Waals surface area contributed by atoms with Gasteiger partial charge in [-0.05, 0) is 45.6 Å². The zero-order valence-electron chi connectivity index (χ0n) is 16.9. The number of nitrogens with one attached hydrogen (secondary N) is 3. The summed E-state index contributed by atoms with van der Waals surface area (Å²) in [6.45, 7) is 10.2. The second kappa shape index (κ2) is 8.92. The normalized spacial score (nSPS) is 17.4. The number of amides is 1. The van der Waals surface area contributed by atoms with Crippen LogP contribution in [0.4, 0.5) is 9.80 Å². The third kappa shape index (κ3) is 5.12. The van der Waals surface area contributed by atoms with Crippen LogP contribution in [0, 0.1) is 5.41 Å². The Bertz CT molecular complexity index is 721. The zero-order valence-corrected chi connectivity index (χ0v) is 18.6. The van der Waals surface area contributed by atoms with E-state index in [0.29, 0.717) is 25.5 Å². The summed E-state index contributed by atoms with van der Waals surface area (Å²) in [5, 5.41) is 12.7. The zero-order chi connectivity index (χ0) is 20.3. The molecule has 1 fully saturated rings. The Morgan fingerprint density at radius 2 is 1.96 bits per heavy atom. The lowest BCUT2D eigenvalue weighted by Gasteiger charge is -2.35. The number of fused-ring (bicyclic) bond motifs is 1. The largest absolute Gasteiger partial charge is 0.444 e. The van der Waals surface area contributed by atoms with Crippen LogP contribution in [0.1, 0.15) is 43.2 Å². The standard InChI is InChI=1S/C19H31N5O2S2/c1-19(2,3)26-18(25)24-11-9-23(10-12-24)8-7-21-16(20)15-13-5-4-6-14(13)28-17(15)22-27/h22,27H,4-12H2,1-3H3,(H2,20,21). The molecule has 0 atom stereocenters. The van der Waals surface area contributed by atoms with Crippen LogP contribution in [0.2, 0.25) is 0 Å². The number of hydrogen-bond acceptors (Lipinski definition) is 7. The van der Waals surface area contributed by atoms with Crippen molar-refractivity contribution in [1.82, 2.24) is 15.1 Å². The number of thiophene rings is 1. The molecule has 0 spiro atoms. The molecule has 2 heterocycles. The van der Waals surface area contributed by atoms with Gasteiger partial charge in [-0.3, -0.25) is 10.3 Å². The number of piperazine rings is 1. The molecule has 1 aliphatic heterocycles. The Morgan fingerprint density at radius 3 is 2.61 bits per heavy atom. The van der Waals surface area contributed by atoms with Crippen molar-refractivity contribution in [2.75, 3.05) is 44.0 Å². The molecule has 156 valence electrons. The van der Waals surface area contributed by atoms with Crippen molar-refractivity contribution in [3.8, 4) is 0 Å². The van der Waals surface area contributed by atoms with Crippen LogP contribution in [0.3, 0.4) is 0 Å². The first-order valence-electron chi connectivity index (χ1n) is 9.86.